The SMILES string of the molecule is CC1(/C2=N\CCCCCC3C(=O)N(Cc4ccc(Cl)cc4)C4=C(CC/N=C\C(N5CCOCC5)=C/4)C/3=C/N2)CC1. The lowest BCUT2D eigenvalue weighted by atomic mass is 9.81. The van der Waals surface area contributed by atoms with Crippen molar-refractivity contribution in [2.45, 2.75) is 58.4 Å². The highest BCUT2D eigenvalue weighted by Gasteiger charge is 2.43. The minimum atomic E-state index is -0.187. The number of hydrogen-bond acceptors (Lipinski definition) is 6. The first kappa shape index (κ1) is 27.3. The summed E-state index contributed by atoms with van der Waals surface area (Å²) in [5.41, 5.74) is 5.56. The average molecular weight is 562 g/mol. The maximum absolute atomic E-state index is 14.5. The summed E-state index contributed by atoms with van der Waals surface area (Å²) in [6.07, 6.45) is 13.4. The number of aliphatic imine (C=N–C) groups is 2. The molecule has 1 aromatic carbocycles. The number of nitrogens with one attached hydrogen (secondary N) is 1. The molecule has 1 N–H and O–H groups in total. The molecular formula is C32H40ClN5O2. The molecule has 7 nitrogen and oxygen atoms in total. The molecule has 5 aliphatic rings. The van der Waals surface area contributed by atoms with Gasteiger partial charge in [0.15, 0.2) is 0 Å². The van der Waals surface area contributed by atoms with Gasteiger partial charge in [-0.2, -0.15) is 0 Å². The maximum atomic E-state index is 14.5. The Bertz CT molecular complexity index is 1270. The number of carbonyl (C=O) groups excluding carboxylic acids is 1. The number of benzene rings is 1. The number of ether oxygens (including phenoxy) is 1. The molecule has 0 aromatic heterocycles. The van der Waals surface area contributed by atoms with E-state index in [1.807, 2.05) is 35.4 Å². The summed E-state index contributed by atoms with van der Waals surface area (Å²) in [5.74, 6) is 1.06. The molecule has 40 heavy (non-hydrogen) atoms. The van der Waals surface area contributed by atoms with Gasteiger partial charge in [-0.15, -0.1) is 0 Å². The highest BCUT2D eigenvalue weighted by Crippen LogP contribution is 2.46. The van der Waals surface area contributed by atoms with Crippen molar-refractivity contribution in [2.24, 2.45) is 21.3 Å². The van der Waals surface area contributed by atoms with Crippen LogP contribution < -0.4 is 5.32 Å². The van der Waals surface area contributed by atoms with Crippen molar-refractivity contribution >= 4 is 29.6 Å². The standard InChI is InChI=1S/C32H40ClN5O2/c1-32(11-12-32)31-35-13-4-2-3-5-27-28(21-36-31)26-10-14-34-20-25(37-15-17-40-18-16-37)19-29(26)38(30(27)39)22-23-6-8-24(33)9-7-23/h6-9,19-21,27H,2-5,10-18,22H2,1H3,(H,35,36)/b25-19+,28-21-,34-20-. The lowest BCUT2D eigenvalue weighted by Gasteiger charge is -2.39. The minimum Gasteiger partial charge on any atom is -0.378 e. The zero-order valence-electron chi connectivity index (χ0n) is 23.5. The topological polar surface area (TPSA) is 69.5 Å². The van der Waals surface area contributed by atoms with E-state index in [4.69, 9.17) is 26.3 Å². The number of rotatable bonds is 4. The number of carbonyl (C=O) groups is 1. The number of morpholine rings is 1. The fraction of sp³-hybridized carbons (Fsp3) is 0.531. The van der Waals surface area contributed by atoms with Gasteiger partial charge in [0.25, 0.3) is 0 Å². The third-order valence-corrected chi connectivity index (χ3v) is 9.13. The van der Waals surface area contributed by atoms with E-state index >= 15 is 0 Å². The van der Waals surface area contributed by atoms with E-state index in [0.717, 1.165) is 92.9 Å². The number of halogens is 1. The fourth-order valence-corrected chi connectivity index (χ4v) is 6.24. The number of amidine groups is 1. The number of fused-ring (bicyclic) bond motifs is 2. The van der Waals surface area contributed by atoms with E-state index in [2.05, 4.69) is 29.4 Å². The normalized spacial score (nSPS) is 30.0. The van der Waals surface area contributed by atoms with Crippen LogP contribution in [-0.2, 0) is 16.1 Å². The molecule has 4 heterocycles. The summed E-state index contributed by atoms with van der Waals surface area (Å²) in [5, 5.41) is 4.34. The predicted octanol–water partition coefficient (Wildman–Crippen LogP) is 5.49. The predicted molar refractivity (Wildman–Crippen MR) is 160 cm³/mol. The molecule has 8 heteroatoms. The van der Waals surface area contributed by atoms with Crippen molar-refractivity contribution in [1.29, 1.82) is 0 Å². The molecule has 2 fully saturated rings. The van der Waals surface area contributed by atoms with Gasteiger partial charge in [-0.3, -0.25) is 14.8 Å². The summed E-state index contributed by atoms with van der Waals surface area (Å²) in [6.45, 7) is 7.36. The lowest BCUT2D eigenvalue weighted by molar-refractivity contribution is -0.133. The Morgan fingerprint density at radius 1 is 1.10 bits per heavy atom. The first-order chi connectivity index (χ1) is 19.5. The second-order valence-electron chi connectivity index (χ2n) is 11.8. The van der Waals surface area contributed by atoms with Crippen molar-refractivity contribution in [3.8, 4) is 0 Å². The van der Waals surface area contributed by atoms with Gasteiger partial charge < -0.3 is 19.9 Å². The monoisotopic (exact) mass is 561 g/mol. The van der Waals surface area contributed by atoms with Gasteiger partial charge >= 0.3 is 0 Å². The molecule has 1 amide bonds. The van der Waals surface area contributed by atoms with Crippen LogP contribution in [0.3, 0.4) is 0 Å². The Hall–Kier alpha value is -2.90. The summed E-state index contributed by atoms with van der Waals surface area (Å²) >= 11 is 6.20. The molecule has 1 aromatic rings. The number of nitrogens with zero attached hydrogens (tertiary/aromatic N) is 4. The van der Waals surface area contributed by atoms with Gasteiger partial charge in [0, 0.05) is 54.7 Å². The average Bonchev–Trinajstić information content (AvgIpc) is 3.71. The summed E-state index contributed by atoms with van der Waals surface area (Å²) in [7, 11) is 0. The van der Waals surface area contributed by atoms with Gasteiger partial charge in [-0.1, -0.05) is 43.5 Å². The van der Waals surface area contributed by atoms with E-state index < -0.39 is 0 Å². The molecule has 1 saturated carbocycles. The van der Waals surface area contributed by atoms with E-state index in [-0.39, 0.29) is 17.2 Å². The second-order valence-corrected chi connectivity index (χ2v) is 12.2. The highest BCUT2D eigenvalue weighted by molar-refractivity contribution is 6.30. The third kappa shape index (κ3) is 5.91. The van der Waals surface area contributed by atoms with Gasteiger partial charge in [0.2, 0.25) is 5.91 Å². The Balaban J connectivity index is 1.46. The lowest BCUT2D eigenvalue weighted by Crippen LogP contribution is -2.42. The molecule has 1 atom stereocenters. The van der Waals surface area contributed by atoms with Crippen LogP contribution in [0.4, 0.5) is 0 Å². The summed E-state index contributed by atoms with van der Waals surface area (Å²) in [4.78, 5) is 28.6. The van der Waals surface area contributed by atoms with Crippen LogP contribution in [0.25, 0.3) is 0 Å². The number of hydrogen-bond donors (Lipinski definition) is 1. The first-order valence-corrected chi connectivity index (χ1v) is 15.2. The van der Waals surface area contributed by atoms with Gasteiger partial charge in [-0.25, -0.2) is 0 Å². The van der Waals surface area contributed by atoms with Crippen molar-refractivity contribution in [3.63, 3.8) is 0 Å². The van der Waals surface area contributed by atoms with Crippen LogP contribution in [-0.4, -0.2) is 67.2 Å². The zero-order valence-corrected chi connectivity index (χ0v) is 24.3. The Morgan fingerprint density at radius 3 is 2.67 bits per heavy atom. The summed E-state index contributed by atoms with van der Waals surface area (Å²) < 4.78 is 5.62. The largest absolute Gasteiger partial charge is 0.378 e. The van der Waals surface area contributed by atoms with E-state index in [1.54, 1.807) is 0 Å². The number of amides is 1. The van der Waals surface area contributed by atoms with E-state index in [1.165, 1.54) is 5.57 Å². The Morgan fingerprint density at radius 2 is 1.90 bits per heavy atom. The van der Waals surface area contributed by atoms with Crippen molar-refractivity contribution < 1.29 is 9.53 Å². The number of allylic oxidation sites excluding steroid dienone is 2. The van der Waals surface area contributed by atoms with Crippen molar-refractivity contribution in [3.05, 3.63) is 69.7 Å². The van der Waals surface area contributed by atoms with Crippen LogP contribution in [0.5, 0.6) is 0 Å². The van der Waals surface area contributed by atoms with Crippen LogP contribution in [0, 0.1) is 11.3 Å². The van der Waals surface area contributed by atoms with Gasteiger partial charge in [0.1, 0.15) is 5.84 Å². The van der Waals surface area contributed by atoms with Crippen molar-refractivity contribution in [1.82, 2.24) is 15.1 Å². The molecule has 0 radical (unpaired) electrons. The van der Waals surface area contributed by atoms with Crippen LogP contribution in [0.15, 0.2) is 69.1 Å². The van der Waals surface area contributed by atoms with Crippen LogP contribution in [0.1, 0.15) is 57.4 Å². The van der Waals surface area contributed by atoms with Crippen molar-refractivity contribution in [2.75, 3.05) is 39.4 Å². The van der Waals surface area contributed by atoms with Crippen LogP contribution >= 0.6 is 11.6 Å². The maximum Gasteiger partial charge on any atom is 0.234 e. The molecule has 1 saturated heterocycles. The van der Waals surface area contributed by atoms with E-state index in [0.29, 0.717) is 31.3 Å². The van der Waals surface area contributed by atoms with Crippen LogP contribution in [0.2, 0.25) is 5.02 Å². The minimum absolute atomic E-state index is 0.131. The molecule has 6 rings (SSSR count). The molecule has 0 spiro atoms. The molecule has 4 aliphatic heterocycles. The molecular weight excluding hydrogens is 522 g/mol. The fourth-order valence-electron chi connectivity index (χ4n) is 6.12. The molecule has 1 unspecified atom stereocenters. The molecule has 0 bridgehead atoms. The Kier molecular flexibility index (Phi) is 8.12. The first-order valence-electron chi connectivity index (χ1n) is 14.9. The Labute approximate surface area is 242 Å². The van der Waals surface area contributed by atoms with Gasteiger partial charge in [0.05, 0.1) is 31.4 Å². The quantitative estimate of drug-likeness (QED) is 0.528. The highest BCUT2D eigenvalue weighted by atomic mass is 35.5. The smallest absolute Gasteiger partial charge is 0.234 e. The molecule has 1 aliphatic carbocycles. The second kappa shape index (κ2) is 11.9. The summed E-state index contributed by atoms with van der Waals surface area (Å²) in [6, 6.07) is 7.86. The zero-order chi connectivity index (χ0) is 27.5. The van der Waals surface area contributed by atoms with E-state index in [9.17, 15) is 4.79 Å². The van der Waals surface area contributed by atoms with Gasteiger partial charge in [-0.05, 0) is 67.0 Å². The third-order valence-electron chi connectivity index (χ3n) is 8.87. The molecule has 212 valence electrons.